The molecule has 43 heavy (non-hydrogen) atoms. The number of carbonyl (C=O) groups is 1. The molecule has 0 amide bonds. The van der Waals surface area contributed by atoms with Gasteiger partial charge in [0.1, 0.15) is 12.4 Å². The van der Waals surface area contributed by atoms with Crippen molar-refractivity contribution in [2.45, 2.75) is 26.5 Å². The normalized spacial score (nSPS) is 14.8. The smallest absolute Gasteiger partial charge is 0.338 e. The van der Waals surface area contributed by atoms with Crippen molar-refractivity contribution in [2.75, 3.05) is 13.7 Å². The average molecular weight is 613 g/mol. The summed E-state index contributed by atoms with van der Waals surface area (Å²) in [6.07, 6.45) is 1.58. The predicted octanol–water partition coefficient (Wildman–Crippen LogP) is 4.94. The molecule has 0 spiro atoms. The van der Waals surface area contributed by atoms with Gasteiger partial charge < -0.3 is 14.2 Å². The molecule has 0 N–H and O–H groups in total. The van der Waals surface area contributed by atoms with Crippen molar-refractivity contribution in [2.24, 2.45) is 4.99 Å². The fourth-order valence-corrected chi connectivity index (χ4v) is 5.77. The van der Waals surface area contributed by atoms with Crippen molar-refractivity contribution in [3.05, 3.63) is 126 Å². The van der Waals surface area contributed by atoms with E-state index in [4.69, 9.17) is 14.2 Å². The number of nitrogens with zero attached hydrogens (tertiary/aromatic N) is 2. The first-order valence-electron chi connectivity index (χ1n) is 13.0. The van der Waals surface area contributed by atoms with Gasteiger partial charge in [-0.1, -0.05) is 47.7 Å². The summed E-state index contributed by atoms with van der Waals surface area (Å²) in [5.41, 5.74) is 1.76. The largest absolute Gasteiger partial charge is 0.496 e. The van der Waals surface area contributed by atoms with Crippen LogP contribution in [0.4, 0.5) is 17.6 Å². The average Bonchev–Trinajstić information content (AvgIpc) is 3.29. The van der Waals surface area contributed by atoms with Crippen LogP contribution in [-0.4, -0.2) is 24.3 Å². The van der Waals surface area contributed by atoms with Crippen LogP contribution in [0.1, 0.15) is 36.6 Å². The lowest BCUT2D eigenvalue weighted by Gasteiger charge is -2.24. The number of aromatic nitrogens is 1. The van der Waals surface area contributed by atoms with Gasteiger partial charge in [-0.2, -0.15) is 8.78 Å². The summed E-state index contributed by atoms with van der Waals surface area (Å²) in [4.78, 5) is 31.7. The summed E-state index contributed by atoms with van der Waals surface area (Å²) in [6.45, 7) is 3.03. The Morgan fingerprint density at radius 3 is 2.40 bits per heavy atom. The molecule has 4 aromatic rings. The molecule has 5 rings (SSSR count). The van der Waals surface area contributed by atoms with Crippen LogP contribution in [0.5, 0.6) is 11.5 Å². The molecule has 1 aliphatic heterocycles. The lowest BCUT2D eigenvalue weighted by Crippen LogP contribution is -2.39. The van der Waals surface area contributed by atoms with Crippen LogP contribution in [-0.2, 0) is 16.1 Å². The van der Waals surface area contributed by atoms with Gasteiger partial charge in [0, 0.05) is 11.6 Å². The van der Waals surface area contributed by atoms with E-state index in [0.717, 1.165) is 11.3 Å². The molecule has 222 valence electrons. The van der Waals surface area contributed by atoms with Gasteiger partial charge in [0.25, 0.3) is 5.56 Å². The Kier molecular flexibility index (Phi) is 8.49. The number of esters is 1. The highest BCUT2D eigenvalue weighted by molar-refractivity contribution is 7.07. The van der Waals surface area contributed by atoms with Gasteiger partial charge in [0.05, 0.1) is 35.6 Å². The van der Waals surface area contributed by atoms with Crippen molar-refractivity contribution < 1.29 is 36.6 Å². The van der Waals surface area contributed by atoms with E-state index in [1.807, 2.05) is 18.2 Å². The van der Waals surface area contributed by atoms with Crippen molar-refractivity contribution in [1.82, 2.24) is 4.57 Å². The van der Waals surface area contributed by atoms with Crippen molar-refractivity contribution >= 4 is 23.4 Å². The lowest BCUT2D eigenvalue weighted by molar-refractivity contribution is -0.139. The number of benzene rings is 3. The minimum atomic E-state index is -1.67. The third-order valence-electron chi connectivity index (χ3n) is 6.68. The highest BCUT2D eigenvalue weighted by Gasteiger charge is 2.33. The molecule has 0 unspecified atom stereocenters. The summed E-state index contributed by atoms with van der Waals surface area (Å²) >= 11 is 1.12. The summed E-state index contributed by atoms with van der Waals surface area (Å²) in [5.74, 6) is -8.03. The summed E-state index contributed by atoms with van der Waals surface area (Å²) < 4.78 is 73.0. The zero-order chi connectivity index (χ0) is 30.8. The van der Waals surface area contributed by atoms with Crippen molar-refractivity contribution in [3.63, 3.8) is 0 Å². The van der Waals surface area contributed by atoms with Gasteiger partial charge in [0.15, 0.2) is 22.2 Å². The maximum atomic E-state index is 14.1. The first-order chi connectivity index (χ1) is 20.6. The van der Waals surface area contributed by atoms with Crippen LogP contribution in [0.25, 0.3) is 6.08 Å². The van der Waals surface area contributed by atoms with Gasteiger partial charge in [0.2, 0.25) is 11.6 Å². The number of rotatable bonds is 8. The van der Waals surface area contributed by atoms with Gasteiger partial charge in [-0.15, -0.1) is 0 Å². The Hall–Kier alpha value is -4.71. The number of ether oxygens (including phenoxy) is 3. The van der Waals surface area contributed by atoms with Crippen LogP contribution in [0.2, 0.25) is 0 Å². The summed E-state index contributed by atoms with van der Waals surface area (Å²) in [5, 5.41) is 0. The first kappa shape index (κ1) is 29.8. The van der Waals surface area contributed by atoms with E-state index in [1.165, 1.54) is 11.7 Å². The Morgan fingerprint density at radius 2 is 1.74 bits per heavy atom. The van der Waals surface area contributed by atoms with Gasteiger partial charge in [-0.3, -0.25) is 9.36 Å². The highest BCUT2D eigenvalue weighted by Crippen LogP contribution is 2.31. The number of hydrogen-bond donors (Lipinski definition) is 0. The summed E-state index contributed by atoms with van der Waals surface area (Å²) in [7, 11) is 1.37. The highest BCUT2D eigenvalue weighted by atomic mass is 32.1. The number of fused-ring (bicyclic) bond motifs is 1. The molecule has 0 aliphatic carbocycles. The number of allylic oxidation sites excluding steroid dienone is 1. The number of hydrogen-bond acceptors (Lipinski definition) is 7. The Balaban J connectivity index is 1.57. The molecule has 1 aromatic heterocycles. The van der Waals surface area contributed by atoms with E-state index in [9.17, 15) is 27.2 Å². The molecule has 7 nitrogen and oxygen atoms in total. The van der Waals surface area contributed by atoms with Crippen LogP contribution in [0.3, 0.4) is 0 Å². The topological polar surface area (TPSA) is 79.1 Å². The molecular formula is C31H24F4N2O5S. The third-order valence-corrected chi connectivity index (χ3v) is 7.66. The number of carbonyl (C=O) groups excluding carboxylic acids is 1. The predicted molar refractivity (Wildman–Crippen MR) is 150 cm³/mol. The molecule has 0 radical (unpaired) electrons. The number of halogens is 4. The van der Waals surface area contributed by atoms with Crippen LogP contribution in [0.15, 0.2) is 75.7 Å². The lowest BCUT2D eigenvalue weighted by atomic mass is 9.96. The Labute approximate surface area is 246 Å². The molecular weight excluding hydrogens is 588 g/mol. The minimum Gasteiger partial charge on any atom is -0.496 e. The van der Waals surface area contributed by atoms with E-state index in [-0.39, 0.29) is 29.6 Å². The Bertz CT molecular complexity index is 1910. The second kappa shape index (κ2) is 12.3. The zero-order valence-corrected chi connectivity index (χ0v) is 23.9. The zero-order valence-electron chi connectivity index (χ0n) is 23.1. The second-order valence-corrected chi connectivity index (χ2v) is 10.4. The van der Waals surface area contributed by atoms with Gasteiger partial charge >= 0.3 is 5.97 Å². The molecule has 0 bridgehead atoms. The minimum absolute atomic E-state index is 0.0914. The van der Waals surface area contributed by atoms with Gasteiger partial charge in [-0.05, 0) is 43.2 Å². The Morgan fingerprint density at radius 1 is 1.05 bits per heavy atom. The van der Waals surface area contributed by atoms with Gasteiger partial charge in [-0.25, -0.2) is 18.6 Å². The van der Waals surface area contributed by atoms with Crippen molar-refractivity contribution in [3.8, 4) is 11.5 Å². The first-order valence-corrected chi connectivity index (χ1v) is 13.8. The molecule has 1 atom stereocenters. The standard InChI is InChI=1S/C31H24F4N2O5S/c1-4-41-30(39)24-16(2)36-31-37(27(24)18-8-6-5-7-9-18)29(38)23(43-31)13-17-10-11-22(40-3)19(12-17)15-42-28-25(34)20(32)14-21(33)26(28)35/h5-14,27H,4,15H2,1-3H3/b23-13-/t27-/m0/s1. The maximum Gasteiger partial charge on any atom is 0.338 e. The molecule has 1 aliphatic rings. The summed E-state index contributed by atoms with van der Waals surface area (Å²) in [6, 6.07) is 13.1. The SMILES string of the molecule is CCOC(=O)C1=C(C)N=c2s/c(=C\c3ccc(OC)c(COc4c(F)c(F)cc(F)c4F)c3)c(=O)n2[C@H]1c1ccccc1. The molecule has 12 heteroatoms. The molecule has 0 saturated heterocycles. The fourth-order valence-electron chi connectivity index (χ4n) is 4.72. The monoisotopic (exact) mass is 612 g/mol. The molecule has 0 fully saturated rings. The second-order valence-electron chi connectivity index (χ2n) is 9.37. The third kappa shape index (κ3) is 5.70. The van der Waals surface area contributed by atoms with E-state index in [1.54, 1.807) is 50.3 Å². The van der Waals surface area contributed by atoms with E-state index < -0.39 is 53.2 Å². The van der Waals surface area contributed by atoms with Crippen LogP contribution >= 0.6 is 11.3 Å². The quantitative estimate of drug-likeness (QED) is 0.160. The maximum absolute atomic E-state index is 14.1. The van der Waals surface area contributed by atoms with Crippen molar-refractivity contribution in [1.29, 1.82) is 0 Å². The van der Waals surface area contributed by atoms with E-state index >= 15 is 0 Å². The molecule has 3 aromatic carbocycles. The number of thiazole rings is 1. The van der Waals surface area contributed by atoms with Crippen LogP contribution < -0.4 is 24.4 Å². The fraction of sp³-hybridized carbons (Fsp3) is 0.194. The van der Waals surface area contributed by atoms with E-state index in [0.29, 0.717) is 26.2 Å². The molecule has 2 heterocycles. The molecule has 0 saturated carbocycles. The van der Waals surface area contributed by atoms with E-state index in [2.05, 4.69) is 4.99 Å². The number of methoxy groups -OCH3 is 1. The van der Waals surface area contributed by atoms with Crippen LogP contribution in [0, 0.1) is 23.3 Å².